The van der Waals surface area contributed by atoms with Crippen LogP contribution in [-0.2, 0) is 4.79 Å². The third kappa shape index (κ3) is 4.92. The average molecular weight is 322 g/mol. The highest BCUT2D eigenvalue weighted by atomic mass is 32.2. The van der Waals surface area contributed by atoms with Crippen LogP contribution in [0.2, 0.25) is 0 Å². The number of carbonyl (C=O) groups excluding carboxylic acids is 1. The number of anilines is 2. The number of hydrogen-bond donors (Lipinski definition) is 2. The molecule has 0 aliphatic carbocycles. The van der Waals surface area contributed by atoms with Gasteiger partial charge in [-0.2, -0.15) is 11.8 Å². The fraction of sp³-hybridized carbons (Fsp3) is 0.588. The van der Waals surface area contributed by atoms with Crippen LogP contribution in [0.1, 0.15) is 26.2 Å². The molecule has 1 aliphatic heterocycles. The van der Waals surface area contributed by atoms with Gasteiger partial charge in [0.15, 0.2) is 0 Å². The van der Waals surface area contributed by atoms with Crippen LogP contribution >= 0.6 is 11.8 Å². The zero-order valence-electron chi connectivity index (χ0n) is 13.3. The molecule has 5 heteroatoms. The first-order valence-corrected chi connectivity index (χ1v) is 9.22. The lowest BCUT2D eigenvalue weighted by Gasteiger charge is -2.34. The Bertz CT molecular complexity index is 473. The van der Waals surface area contributed by atoms with Gasteiger partial charge in [-0.15, -0.1) is 0 Å². The molecule has 2 rings (SSSR count). The van der Waals surface area contributed by atoms with Crippen molar-refractivity contribution in [2.75, 3.05) is 41.4 Å². The van der Waals surface area contributed by atoms with E-state index in [4.69, 9.17) is 0 Å². The predicted molar refractivity (Wildman–Crippen MR) is 94.7 cm³/mol. The molecule has 1 amide bonds. The summed E-state index contributed by atoms with van der Waals surface area (Å²) in [5.41, 5.74) is 1.99. The highest BCUT2D eigenvalue weighted by Gasteiger charge is 2.20. The minimum atomic E-state index is 0.0659. The Balaban J connectivity index is 1.96. The number of carbonyl (C=O) groups is 1. The normalized spacial score (nSPS) is 15.8. The van der Waals surface area contributed by atoms with Crippen LogP contribution in [0.5, 0.6) is 0 Å². The maximum absolute atomic E-state index is 12.0. The summed E-state index contributed by atoms with van der Waals surface area (Å²) in [6.45, 7) is 4.27. The van der Waals surface area contributed by atoms with Gasteiger partial charge in [0.05, 0.1) is 17.1 Å². The molecule has 0 bridgehead atoms. The zero-order chi connectivity index (χ0) is 15.8. The number of amides is 1. The van der Waals surface area contributed by atoms with E-state index in [1.54, 1.807) is 11.8 Å². The second-order valence-electron chi connectivity index (χ2n) is 5.73. The fourth-order valence-corrected chi connectivity index (χ4v) is 3.40. The largest absolute Gasteiger partial charge is 0.396 e. The van der Waals surface area contributed by atoms with E-state index in [1.165, 1.54) is 0 Å². The van der Waals surface area contributed by atoms with Crippen molar-refractivity contribution in [2.45, 2.75) is 26.2 Å². The highest BCUT2D eigenvalue weighted by Crippen LogP contribution is 2.29. The number of aliphatic hydroxyl groups is 1. The van der Waals surface area contributed by atoms with Crippen molar-refractivity contribution in [3.05, 3.63) is 24.3 Å². The zero-order valence-corrected chi connectivity index (χ0v) is 14.1. The van der Waals surface area contributed by atoms with E-state index in [2.05, 4.69) is 23.2 Å². The molecule has 2 N–H and O–H groups in total. The Morgan fingerprint density at radius 2 is 2.09 bits per heavy atom. The van der Waals surface area contributed by atoms with E-state index in [-0.39, 0.29) is 12.5 Å². The molecule has 0 unspecified atom stereocenters. The molecule has 122 valence electrons. The second-order valence-corrected chi connectivity index (χ2v) is 6.84. The summed E-state index contributed by atoms with van der Waals surface area (Å²) in [5, 5.41) is 12.3. The first-order valence-electron chi connectivity index (χ1n) is 8.07. The van der Waals surface area contributed by atoms with E-state index in [0.29, 0.717) is 11.7 Å². The molecule has 1 heterocycles. The molecular weight excluding hydrogens is 296 g/mol. The monoisotopic (exact) mass is 322 g/mol. The van der Waals surface area contributed by atoms with Crippen molar-refractivity contribution in [3.63, 3.8) is 0 Å². The molecule has 4 nitrogen and oxygen atoms in total. The number of para-hydroxylation sites is 2. The lowest BCUT2D eigenvalue weighted by Crippen LogP contribution is -2.35. The van der Waals surface area contributed by atoms with Crippen molar-refractivity contribution < 1.29 is 9.90 Å². The van der Waals surface area contributed by atoms with E-state index in [1.807, 2.05) is 18.2 Å². The second kappa shape index (κ2) is 9.06. The topological polar surface area (TPSA) is 52.6 Å². The summed E-state index contributed by atoms with van der Waals surface area (Å²) in [6.07, 6.45) is 3.10. The number of aliphatic hydroxyl groups excluding tert-OH is 1. The van der Waals surface area contributed by atoms with E-state index in [9.17, 15) is 9.90 Å². The lowest BCUT2D eigenvalue weighted by molar-refractivity contribution is -0.113. The third-order valence-electron chi connectivity index (χ3n) is 3.97. The molecule has 0 spiro atoms. The van der Waals surface area contributed by atoms with Crippen LogP contribution in [0.15, 0.2) is 24.3 Å². The molecule has 1 aromatic rings. The van der Waals surface area contributed by atoms with Crippen LogP contribution in [0.4, 0.5) is 11.4 Å². The number of nitrogens with zero attached hydrogens (tertiary/aromatic N) is 1. The molecule has 22 heavy (non-hydrogen) atoms. The standard InChI is InChI=1S/C17H26N2O2S/c1-2-11-22-13-17(21)18-15-5-3-4-6-16(15)19-9-7-14(12-20)8-10-19/h3-6,14,20H,2,7-13H2,1H3,(H,18,21). The van der Waals surface area contributed by atoms with Gasteiger partial charge in [-0.05, 0) is 43.1 Å². The van der Waals surface area contributed by atoms with Gasteiger partial charge >= 0.3 is 0 Å². The SMILES string of the molecule is CCCSCC(=O)Nc1ccccc1N1CCC(CO)CC1. The van der Waals surface area contributed by atoms with Crippen LogP contribution in [0, 0.1) is 5.92 Å². The van der Waals surface area contributed by atoms with Gasteiger partial charge in [0, 0.05) is 19.7 Å². The summed E-state index contributed by atoms with van der Waals surface area (Å²) < 4.78 is 0. The number of hydrogen-bond acceptors (Lipinski definition) is 4. The van der Waals surface area contributed by atoms with Crippen LogP contribution in [0.25, 0.3) is 0 Å². The Hall–Kier alpha value is -1.20. The summed E-state index contributed by atoms with van der Waals surface area (Å²) in [5.74, 6) is 2.01. The Morgan fingerprint density at radius 3 is 2.77 bits per heavy atom. The molecule has 0 radical (unpaired) electrons. The summed E-state index contributed by atoms with van der Waals surface area (Å²) in [7, 11) is 0. The molecule has 0 saturated carbocycles. The summed E-state index contributed by atoms with van der Waals surface area (Å²) in [6, 6.07) is 8.00. The summed E-state index contributed by atoms with van der Waals surface area (Å²) >= 11 is 1.67. The van der Waals surface area contributed by atoms with Crippen molar-refractivity contribution in [1.82, 2.24) is 0 Å². The average Bonchev–Trinajstić information content (AvgIpc) is 2.56. The summed E-state index contributed by atoms with van der Waals surface area (Å²) in [4.78, 5) is 14.3. The van der Waals surface area contributed by atoms with Crippen molar-refractivity contribution >= 4 is 29.0 Å². The highest BCUT2D eigenvalue weighted by molar-refractivity contribution is 7.99. The van der Waals surface area contributed by atoms with Gasteiger partial charge in [0.2, 0.25) is 5.91 Å². The Labute approximate surface area is 137 Å². The molecule has 1 fully saturated rings. The van der Waals surface area contributed by atoms with Crippen molar-refractivity contribution in [2.24, 2.45) is 5.92 Å². The van der Waals surface area contributed by atoms with E-state index in [0.717, 1.165) is 49.5 Å². The van der Waals surface area contributed by atoms with Gasteiger partial charge < -0.3 is 15.3 Å². The number of thioether (sulfide) groups is 1. The smallest absolute Gasteiger partial charge is 0.234 e. The van der Waals surface area contributed by atoms with Crippen molar-refractivity contribution in [1.29, 1.82) is 0 Å². The van der Waals surface area contributed by atoms with Crippen LogP contribution < -0.4 is 10.2 Å². The van der Waals surface area contributed by atoms with E-state index < -0.39 is 0 Å². The number of nitrogens with one attached hydrogen (secondary N) is 1. The maximum atomic E-state index is 12.0. The third-order valence-corrected chi connectivity index (χ3v) is 5.14. The number of rotatable bonds is 7. The number of piperidine rings is 1. The minimum absolute atomic E-state index is 0.0659. The van der Waals surface area contributed by atoms with Crippen LogP contribution in [0.3, 0.4) is 0 Å². The van der Waals surface area contributed by atoms with Crippen molar-refractivity contribution in [3.8, 4) is 0 Å². The maximum Gasteiger partial charge on any atom is 0.234 e. The quantitative estimate of drug-likeness (QED) is 0.758. The van der Waals surface area contributed by atoms with Gasteiger partial charge in [0.25, 0.3) is 0 Å². The first-order chi connectivity index (χ1) is 10.7. The van der Waals surface area contributed by atoms with Gasteiger partial charge in [-0.1, -0.05) is 19.1 Å². The van der Waals surface area contributed by atoms with Crippen LogP contribution in [-0.4, -0.2) is 42.2 Å². The molecular formula is C17H26N2O2S. The first kappa shape index (κ1) is 17.2. The molecule has 1 saturated heterocycles. The fourth-order valence-electron chi connectivity index (χ4n) is 2.71. The molecule has 1 aromatic carbocycles. The predicted octanol–water partition coefficient (Wildman–Crippen LogP) is 2.98. The molecule has 0 aromatic heterocycles. The lowest BCUT2D eigenvalue weighted by atomic mass is 9.97. The van der Waals surface area contributed by atoms with Gasteiger partial charge in [-0.3, -0.25) is 4.79 Å². The molecule has 1 aliphatic rings. The van der Waals surface area contributed by atoms with Gasteiger partial charge in [0.1, 0.15) is 0 Å². The molecule has 0 atom stereocenters. The van der Waals surface area contributed by atoms with E-state index >= 15 is 0 Å². The Morgan fingerprint density at radius 1 is 1.36 bits per heavy atom. The minimum Gasteiger partial charge on any atom is -0.396 e. The van der Waals surface area contributed by atoms with Gasteiger partial charge in [-0.25, -0.2) is 0 Å². The number of benzene rings is 1. The Kier molecular flexibility index (Phi) is 7.06.